The predicted molar refractivity (Wildman–Crippen MR) is 250 cm³/mol. The summed E-state index contributed by atoms with van der Waals surface area (Å²) in [4.78, 5) is 58.7. The third-order valence-electron chi connectivity index (χ3n) is 15.9. The Morgan fingerprint density at radius 3 is 1.30 bits per heavy atom. The molecule has 64 heavy (non-hydrogen) atoms. The SMILES string of the molecule is CC1(C)CC(OC(=O)CC(C(=O)OC2CC(C)(C)N([OH2+])C(C)(C)C2)C(CC(=O)OC2CC(C)(C)N(O)C(C)(C)C2)C(=O)SC2CC(C)(C)C(CCO)C(C)(C)C2)CC(C)(C)C1CCO. The lowest BCUT2D eigenvalue weighted by molar-refractivity contribution is -0.260. The second-order valence-electron chi connectivity index (χ2n) is 25.6. The fourth-order valence-corrected chi connectivity index (χ4v) is 15.6. The predicted octanol–water partition coefficient (Wildman–Crippen LogP) is 8.39. The van der Waals surface area contributed by atoms with Gasteiger partial charge in [0.15, 0.2) is 5.12 Å². The van der Waals surface area contributed by atoms with E-state index in [1.54, 1.807) is 5.06 Å². The van der Waals surface area contributed by atoms with E-state index >= 15 is 4.79 Å². The molecule has 2 heterocycles. The maximum absolute atomic E-state index is 15.1. The van der Waals surface area contributed by atoms with E-state index in [0.29, 0.717) is 64.2 Å². The summed E-state index contributed by atoms with van der Waals surface area (Å²) in [5, 5.41) is 42.0. The zero-order chi connectivity index (χ0) is 48.8. The molecule has 5 N–H and O–H groups in total. The van der Waals surface area contributed by atoms with Crippen LogP contribution in [-0.4, -0.2) is 113 Å². The van der Waals surface area contributed by atoms with Crippen LogP contribution in [0.2, 0.25) is 0 Å². The van der Waals surface area contributed by atoms with E-state index in [-0.39, 0.29) is 57.1 Å². The van der Waals surface area contributed by atoms with Gasteiger partial charge in [0.25, 0.3) is 0 Å². The number of aliphatic hydroxyl groups is 2. The number of ether oxygens (including phenoxy) is 3. The van der Waals surface area contributed by atoms with Crippen LogP contribution in [0.5, 0.6) is 0 Å². The van der Waals surface area contributed by atoms with E-state index in [2.05, 4.69) is 55.4 Å². The molecule has 2 aliphatic heterocycles. The lowest BCUT2D eigenvalue weighted by atomic mass is 9.55. The molecular weight excluding hydrogens is 837 g/mol. The van der Waals surface area contributed by atoms with E-state index in [4.69, 9.17) is 19.4 Å². The molecule has 4 fully saturated rings. The second-order valence-corrected chi connectivity index (χ2v) is 26.9. The summed E-state index contributed by atoms with van der Waals surface area (Å²) in [5.41, 5.74) is -3.67. The van der Waals surface area contributed by atoms with Gasteiger partial charge in [-0.2, -0.15) is 5.06 Å². The molecule has 0 radical (unpaired) electrons. The largest absolute Gasteiger partial charge is 0.462 e. The van der Waals surface area contributed by atoms with E-state index in [9.17, 15) is 29.8 Å². The van der Waals surface area contributed by atoms with Crippen LogP contribution in [0.1, 0.15) is 188 Å². The molecule has 2 saturated heterocycles. The van der Waals surface area contributed by atoms with Crippen molar-refractivity contribution in [3.05, 3.63) is 0 Å². The van der Waals surface area contributed by atoms with Crippen LogP contribution >= 0.6 is 11.8 Å². The van der Waals surface area contributed by atoms with Gasteiger partial charge in [0.1, 0.15) is 18.3 Å². The number of esters is 3. The highest BCUT2D eigenvalue weighted by molar-refractivity contribution is 8.14. The minimum Gasteiger partial charge on any atom is -0.462 e. The average Bonchev–Trinajstić information content (AvgIpc) is 3.09. The summed E-state index contributed by atoms with van der Waals surface area (Å²) in [6, 6.07) is 0. The minimum atomic E-state index is -1.37. The normalized spacial score (nSPS) is 30.7. The molecule has 13 nitrogen and oxygen atoms in total. The highest BCUT2D eigenvalue weighted by atomic mass is 32.2. The zero-order valence-corrected chi connectivity index (χ0v) is 43.3. The Labute approximate surface area is 389 Å². The van der Waals surface area contributed by atoms with Gasteiger partial charge in [-0.05, 0) is 127 Å². The molecular formula is C50H89N2O11S+. The molecule has 0 amide bonds. The Morgan fingerprint density at radius 1 is 0.547 bits per heavy atom. The number of hydrogen-bond donors (Lipinski definition) is 3. The van der Waals surface area contributed by atoms with Crippen molar-refractivity contribution in [3.8, 4) is 0 Å². The first kappa shape index (κ1) is 54.8. The summed E-state index contributed by atoms with van der Waals surface area (Å²) in [7, 11) is 0. The van der Waals surface area contributed by atoms with Crippen molar-refractivity contribution >= 4 is 34.8 Å². The number of rotatable bonds is 15. The fourth-order valence-electron chi connectivity index (χ4n) is 13.8. The highest BCUT2D eigenvalue weighted by Crippen LogP contribution is 2.56. The van der Waals surface area contributed by atoms with Gasteiger partial charge in [-0.3, -0.25) is 19.2 Å². The molecule has 14 heteroatoms. The van der Waals surface area contributed by atoms with Crippen LogP contribution in [0.4, 0.5) is 0 Å². The van der Waals surface area contributed by atoms with Crippen LogP contribution in [0.25, 0.3) is 0 Å². The second kappa shape index (κ2) is 19.7. The van der Waals surface area contributed by atoms with Crippen molar-refractivity contribution in [2.24, 2.45) is 45.3 Å². The average molecular weight is 926 g/mol. The van der Waals surface area contributed by atoms with Crippen molar-refractivity contribution in [2.75, 3.05) is 13.2 Å². The minimum absolute atomic E-state index is 0.0616. The summed E-state index contributed by atoms with van der Waals surface area (Å²) in [6.45, 7) is 32.5. The van der Waals surface area contributed by atoms with Crippen molar-refractivity contribution in [3.63, 3.8) is 0 Å². The lowest BCUT2D eigenvalue weighted by Gasteiger charge is -2.52. The van der Waals surface area contributed by atoms with Crippen molar-refractivity contribution in [1.82, 2.24) is 10.1 Å². The Hall–Kier alpha value is -1.81. The molecule has 2 atom stereocenters. The van der Waals surface area contributed by atoms with Crippen LogP contribution in [-0.2, 0) is 33.4 Å². The number of hydroxylamine groups is 4. The van der Waals surface area contributed by atoms with Gasteiger partial charge in [0.2, 0.25) is 0 Å². The molecule has 0 bridgehead atoms. The van der Waals surface area contributed by atoms with Crippen LogP contribution < -0.4 is 0 Å². The molecule has 0 spiro atoms. The number of nitrogens with zero attached hydrogens (tertiary/aromatic N) is 2. The standard InChI is InChI=1S/C50H88N2O11S/c1-43(2)23-31(24-44(3,4)37(43)17-19-53)61-39(55)21-35(41(57)63-33-27-49(13,14)52(60)50(15,16)28-33)36(22-40(56)62-32-25-47(9,10)51(59)48(11,12)26-32)42(58)64-34-29-45(5,6)38(18-20-54)46(7,8)30-34/h31-38,53-54,59-60H,17-30H2,1-16H3/p+1. The molecule has 4 aliphatic rings. The van der Waals surface area contributed by atoms with Gasteiger partial charge >= 0.3 is 17.9 Å². The first-order valence-electron chi connectivity index (χ1n) is 24.0. The van der Waals surface area contributed by atoms with Crippen LogP contribution in [0, 0.1) is 45.3 Å². The van der Waals surface area contributed by atoms with E-state index in [1.165, 1.54) is 5.06 Å². The van der Waals surface area contributed by atoms with Gasteiger partial charge in [-0.15, -0.1) is 0 Å². The summed E-state index contributed by atoms with van der Waals surface area (Å²) in [6.07, 6.45) is 2.56. The number of carbonyl (C=O) groups excluding carboxylic acids is 4. The van der Waals surface area contributed by atoms with Crippen molar-refractivity contribution in [2.45, 2.75) is 234 Å². The van der Waals surface area contributed by atoms with Gasteiger partial charge in [0, 0.05) is 55.2 Å². The quantitative estimate of drug-likeness (QED) is 0.0809. The molecule has 4 rings (SSSR count). The molecule has 0 aromatic heterocycles. The molecule has 2 aliphatic carbocycles. The smallest absolute Gasteiger partial charge is 0.310 e. The summed E-state index contributed by atoms with van der Waals surface area (Å²) < 4.78 is 18.8. The first-order valence-corrected chi connectivity index (χ1v) is 24.9. The third-order valence-corrected chi connectivity index (χ3v) is 17.1. The van der Waals surface area contributed by atoms with Gasteiger partial charge < -0.3 is 34.8 Å². The first-order chi connectivity index (χ1) is 29.0. The van der Waals surface area contributed by atoms with Crippen LogP contribution in [0.3, 0.4) is 0 Å². The number of carbonyl (C=O) groups is 4. The maximum Gasteiger partial charge on any atom is 0.310 e. The number of thioether (sulfide) groups is 1. The topological polar surface area (TPSA) is 186 Å². The highest BCUT2D eigenvalue weighted by Gasteiger charge is 2.54. The molecule has 2 saturated carbocycles. The van der Waals surface area contributed by atoms with Gasteiger partial charge in [0.05, 0.1) is 35.8 Å². The zero-order valence-electron chi connectivity index (χ0n) is 42.5. The van der Waals surface area contributed by atoms with Gasteiger partial charge in [-0.25, -0.2) is 0 Å². The van der Waals surface area contributed by atoms with Crippen molar-refractivity contribution < 1.29 is 54.0 Å². The molecule has 0 aromatic carbocycles. The third kappa shape index (κ3) is 12.8. The number of aliphatic hydroxyl groups excluding tert-OH is 2. The Kier molecular flexibility index (Phi) is 16.8. The monoisotopic (exact) mass is 926 g/mol. The number of piperidine rings is 2. The summed E-state index contributed by atoms with van der Waals surface area (Å²) >= 11 is 1.14. The van der Waals surface area contributed by atoms with Gasteiger partial charge in [-0.1, -0.05) is 72.2 Å². The maximum atomic E-state index is 15.1. The molecule has 0 aromatic rings. The van der Waals surface area contributed by atoms with E-state index in [1.807, 2.05) is 55.4 Å². The molecule has 2 unspecified atom stereocenters. The Morgan fingerprint density at radius 2 is 0.891 bits per heavy atom. The van der Waals surface area contributed by atoms with E-state index in [0.717, 1.165) is 11.8 Å². The lowest BCUT2D eigenvalue weighted by Crippen LogP contribution is -2.61. The summed E-state index contributed by atoms with van der Waals surface area (Å²) in [5.74, 6) is -4.34. The number of hydrogen-bond acceptors (Lipinski definition) is 13. The Bertz CT molecular complexity index is 1600. The fraction of sp³-hybridized carbons (Fsp3) is 0.920. The van der Waals surface area contributed by atoms with Crippen molar-refractivity contribution in [1.29, 1.82) is 0 Å². The van der Waals surface area contributed by atoms with Crippen LogP contribution in [0.15, 0.2) is 0 Å². The Balaban J connectivity index is 1.73. The molecule has 370 valence electrons. The van der Waals surface area contributed by atoms with E-state index < -0.39 is 83.1 Å².